The van der Waals surface area contributed by atoms with E-state index in [2.05, 4.69) is 39.7 Å². The Morgan fingerprint density at radius 2 is 1.75 bits per heavy atom. The lowest BCUT2D eigenvalue weighted by Crippen LogP contribution is -2.06. The van der Waals surface area contributed by atoms with Gasteiger partial charge in [-0.1, -0.05) is 48.5 Å². The van der Waals surface area contributed by atoms with Gasteiger partial charge in [-0.05, 0) is 36.2 Å². The molecule has 5 heteroatoms. The van der Waals surface area contributed by atoms with Crippen molar-refractivity contribution in [3.05, 3.63) is 96.3 Å². The molecule has 0 atom stereocenters. The van der Waals surface area contributed by atoms with E-state index in [1.54, 1.807) is 6.20 Å². The van der Waals surface area contributed by atoms with E-state index in [-0.39, 0.29) is 0 Å². The van der Waals surface area contributed by atoms with Gasteiger partial charge in [-0.25, -0.2) is 4.98 Å². The van der Waals surface area contributed by atoms with Crippen LogP contribution in [0, 0.1) is 6.92 Å². The quantitative estimate of drug-likeness (QED) is 0.490. The fourth-order valence-corrected chi connectivity index (χ4v) is 2.90. The molecule has 0 spiro atoms. The molecular weight excluding hydrogens is 346 g/mol. The van der Waals surface area contributed by atoms with Crippen LogP contribution >= 0.6 is 0 Å². The summed E-state index contributed by atoms with van der Waals surface area (Å²) in [5, 5.41) is 6.70. The van der Waals surface area contributed by atoms with Crippen LogP contribution in [0.2, 0.25) is 0 Å². The van der Waals surface area contributed by atoms with Gasteiger partial charge in [0.25, 0.3) is 0 Å². The van der Waals surface area contributed by atoms with Gasteiger partial charge < -0.3 is 10.6 Å². The molecule has 0 unspecified atom stereocenters. The highest BCUT2D eigenvalue weighted by Crippen LogP contribution is 2.23. The molecule has 138 valence electrons. The molecule has 0 aliphatic rings. The summed E-state index contributed by atoms with van der Waals surface area (Å²) < 4.78 is 0. The Morgan fingerprint density at radius 3 is 2.54 bits per heavy atom. The number of aromatic nitrogens is 3. The van der Waals surface area contributed by atoms with Crippen LogP contribution in [0.15, 0.2) is 85.2 Å². The van der Waals surface area contributed by atoms with E-state index in [4.69, 9.17) is 4.98 Å². The fraction of sp³-hybridized carbons (Fsp3) is 0.0870. The Balaban J connectivity index is 1.64. The molecule has 0 saturated heterocycles. The van der Waals surface area contributed by atoms with E-state index in [1.807, 2.05) is 66.9 Å². The molecule has 0 bridgehead atoms. The summed E-state index contributed by atoms with van der Waals surface area (Å²) in [4.78, 5) is 13.5. The van der Waals surface area contributed by atoms with Crippen molar-refractivity contribution in [2.24, 2.45) is 0 Å². The maximum atomic E-state index is 4.71. The molecule has 0 saturated carbocycles. The Bertz CT molecular complexity index is 1050. The van der Waals surface area contributed by atoms with Crippen LogP contribution < -0.4 is 10.6 Å². The highest BCUT2D eigenvalue weighted by atomic mass is 15.1. The van der Waals surface area contributed by atoms with Crippen LogP contribution in [-0.2, 0) is 6.54 Å². The lowest BCUT2D eigenvalue weighted by molar-refractivity contribution is 1.07. The first-order valence-corrected chi connectivity index (χ1v) is 9.17. The van der Waals surface area contributed by atoms with Crippen LogP contribution in [-0.4, -0.2) is 15.0 Å². The summed E-state index contributed by atoms with van der Waals surface area (Å²) in [6.45, 7) is 2.70. The second kappa shape index (κ2) is 8.31. The minimum Gasteiger partial charge on any atom is -0.366 e. The molecule has 0 aliphatic carbocycles. The van der Waals surface area contributed by atoms with Crippen molar-refractivity contribution >= 4 is 17.5 Å². The Morgan fingerprint density at radius 1 is 0.857 bits per heavy atom. The third-order valence-corrected chi connectivity index (χ3v) is 4.27. The van der Waals surface area contributed by atoms with E-state index in [1.165, 1.54) is 5.56 Å². The van der Waals surface area contributed by atoms with Crippen LogP contribution in [0.4, 0.5) is 17.5 Å². The topological polar surface area (TPSA) is 62.7 Å². The van der Waals surface area contributed by atoms with Gasteiger partial charge in [0.05, 0.1) is 5.69 Å². The second-order valence-corrected chi connectivity index (χ2v) is 6.54. The lowest BCUT2D eigenvalue weighted by atomic mass is 10.1. The molecule has 2 heterocycles. The van der Waals surface area contributed by atoms with Gasteiger partial charge in [0.1, 0.15) is 5.82 Å². The minimum atomic E-state index is 0.556. The summed E-state index contributed by atoms with van der Waals surface area (Å²) in [6.07, 6.45) is 3.61. The summed E-state index contributed by atoms with van der Waals surface area (Å²) in [5.74, 6) is 1.31. The summed E-state index contributed by atoms with van der Waals surface area (Å²) in [6, 6.07) is 24.2. The third-order valence-electron chi connectivity index (χ3n) is 4.27. The molecule has 0 aliphatic heterocycles. The van der Waals surface area contributed by atoms with Crippen molar-refractivity contribution in [2.45, 2.75) is 13.5 Å². The normalized spacial score (nSPS) is 10.5. The first-order valence-electron chi connectivity index (χ1n) is 9.17. The number of rotatable bonds is 6. The van der Waals surface area contributed by atoms with Crippen molar-refractivity contribution in [1.29, 1.82) is 0 Å². The summed E-state index contributed by atoms with van der Waals surface area (Å²) in [5.41, 5.74) is 5.14. The molecule has 4 aromatic rings. The molecule has 0 amide bonds. The van der Waals surface area contributed by atoms with E-state index in [0.29, 0.717) is 12.5 Å². The van der Waals surface area contributed by atoms with Gasteiger partial charge in [-0.15, -0.1) is 0 Å². The SMILES string of the molecule is Cc1cccc(Nc2nc(NCc3cccnc3)cc(-c3ccccc3)n2)c1. The maximum absolute atomic E-state index is 4.71. The molecular formula is C23H21N5. The van der Waals surface area contributed by atoms with Crippen LogP contribution in [0.5, 0.6) is 0 Å². The molecule has 5 nitrogen and oxygen atoms in total. The first-order chi connectivity index (χ1) is 13.8. The number of anilines is 3. The largest absolute Gasteiger partial charge is 0.366 e. The van der Waals surface area contributed by atoms with Gasteiger partial charge >= 0.3 is 0 Å². The Kier molecular flexibility index (Phi) is 5.24. The summed E-state index contributed by atoms with van der Waals surface area (Å²) >= 11 is 0. The molecule has 2 aromatic heterocycles. The zero-order valence-corrected chi connectivity index (χ0v) is 15.6. The number of nitrogens with one attached hydrogen (secondary N) is 2. The number of benzene rings is 2. The zero-order valence-electron chi connectivity index (χ0n) is 15.6. The highest BCUT2D eigenvalue weighted by molar-refractivity contribution is 5.66. The van der Waals surface area contributed by atoms with Crippen LogP contribution in [0.1, 0.15) is 11.1 Å². The van der Waals surface area contributed by atoms with E-state index < -0.39 is 0 Å². The number of hydrogen-bond acceptors (Lipinski definition) is 5. The van der Waals surface area contributed by atoms with Gasteiger partial charge in [-0.3, -0.25) is 4.98 Å². The Hall–Kier alpha value is -3.73. The molecule has 4 rings (SSSR count). The predicted molar refractivity (Wildman–Crippen MR) is 113 cm³/mol. The fourth-order valence-electron chi connectivity index (χ4n) is 2.90. The zero-order chi connectivity index (χ0) is 19.2. The maximum Gasteiger partial charge on any atom is 0.229 e. The number of hydrogen-bond donors (Lipinski definition) is 2. The number of nitrogens with zero attached hydrogens (tertiary/aromatic N) is 3. The van der Waals surface area contributed by atoms with E-state index in [0.717, 1.165) is 28.3 Å². The van der Waals surface area contributed by atoms with Gasteiger partial charge in [-0.2, -0.15) is 4.98 Å². The highest BCUT2D eigenvalue weighted by Gasteiger charge is 2.08. The van der Waals surface area contributed by atoms with Crippen molar-refractivity contribution in [2.75, 3.05) is 10.6 Å². The second-order valence-electron chi connectivity index (χ2n) is 6.54. The number of pyridine rings is 1. The van der Waals surface area contributed by atoms with Crippen LogP contribution in [0.3, 0.4) is 0 Å². The molecule has 28 heavy (non-hydrogen) atoms. The van der Waals surface area contributed by atoms with Gasteiger partial charge in [0.2, 0.25) is 5.95 Å². The number of aryl methyl sites for hydroxylation is 1. The van der Waals surface area contributed by atoms with Crippen molar-refractivity contribution in [1.82, 2.24) is 15.0 Å². The van der Waals surface area contributed by atoms with E-state index >= 15 is 0 Å². The van der Waals surface area contributed by atoms with Crippen molar-refractivity contribution in [3.63, 3.8) is 0 Å². The van der Waals surface area contributed by atoms with Crippen molar-refractivity contribution in [3.8, 4) is 11.3 Å². The smallest absolute Gasteiger partial charge is 0.229 e. The standard InChI is InChI=1S/C23H21N5/c1-17-7-5-11-20(13-17)26-23-27-21(19-9-3-2-4-10-19)14-22(28-23)25-16-18-8-6-12-24-15-18/h2-15H,16H2,1H3,(H2,25,26,27,28). The van der Waals surface area contributed by atoms with Gasteiger partial charge in [0, 0.05) is 36.3 Å². The average molecular weight is 367 g/mol. The average Bonchev–Trinajstić information content (AvgIpc) is 2.74. The van der Waals surface area contributed by atoms with Gasteiger partial charge in [0.15, 0.2) is 0 Å². The molecule has 0 fully saturated rings. The minimum absolute atomic E-state index is 0.556. The third kappa shape index (κ3) is 4.51. The molecule has 2 aromatic carbocycles. The molecule has 2 N–H and O–H groups in total. The van der Waals surface area contributed by atoms with Crippen molar-refractivity contribution < 1.29 is 0 Å². The lowest BCUT2D eigenvalue weighted by Gasteiger charge is -2.12. The Labute approximate surface area is 164 Å². The predicted octanol–water partition coefficient (Wildman–Crippen LogP) is 5.20. The van der Waals surface area contributed by atoms with Crippen LogP contribution in [0.25, 0.3) is 11.3 Å². The molecule has 0 radical (unpaired) electrons. The summed E-state index contributed by atoms with van der Waals surface area (Å²) in [7, 11) is 0. The monoisotopic (exact) mass is 367 g/mol. The van der Waals surface area contributed by atoms with E-state index in [9.17, 15) is 0 Å². The first kappa shape index (κ1) is 17.7.